The molecule has 4 nitrogen and oxygen atoms in total. The molecule has 1 aromatic rings. The molecular formula is C19H29NO3. The molecule has 1 heterocycles. The lowest BCUT2D eigenvalue weighted by Crippen LogP contribution is -2.44. The Balaban J connectivity index is 2.10. The van der Waals surface area contributed by atoms with Gasteiger partial charge in [0, 0.05) is 5.69 Å². The van der Waals surface area contributed by atoms with Crippen LogP contribution in [0.25, 0.3) is 0 Å². The molecule has 0 aromatic heterocycles. The summed E-state index contributed by atoms with van der Waals surface area (Å²) in [5.74, 6) is -0.326. The summed E-state index contributed by atoms with van der Waals surface area (Å²) in [6, 6.07) is 8.03. The minimum atomic E-state index is -0.827. The van der Waals surface area contributed by atoms with E-state index in [4.69, 9.17) is 9.47 Å². The van der Waals surface area contributed by atoms with Crippen molar-refractivity contribution >= 4 is 11.6 Å². The Morgan fingerprint density at radius 3 is 2.17 bits per heavy atom. The molecule has 0 aliphatic carbocycles. The summed E-state index contributed by atoms with van der Waals surface area (Å²) in [7, 11) is 0. The molecule has 1 unspecified atom stereocenters. The van der Waals surface area contributed by atoms with Crippen LogP contribution in [0.15, 0.2) is 24.3 Å². The largest absolute Gasteiger partial charge is 0.347 e. The summed E-state index contributed by atoms with van der Waals surface area (Å²) in [6.07, 6.45) is 0.729. The summed E-state index contributed by atoms with van der Waals surface area (Å²) in [5, 5.41) is 3.02. The maximum absolute atomic E-state index is 12.8. The first-order valence-electron chi connectivity index (χ1n) is 8.50. The molecule has 0 saturated carbocycles. The van der Waals surface area contributed by atoms with Gasteiger partial charge in [-0.25, -0.2) is 0 Å². The van der Waals surface area contributed by atoms with E-state index in [1.54, 1.807) is 0 Å². The van der Waals surface area contributed by atoms with Gasteiger partial charge in [0.25, 0.3) is 0 Å². The minimum Gasteiger partial charge on any atom is -0.347 e. The van der Waals surface area contributed by atoms with Crippen molar-refractivity contribution in [3.63, 3.8) is 0 Å². The SMILES string of the molecule is CC(C)CC(C(=O)Nc1ccc(C(C)C)cc1)C1(C)OCCO1. The highest BCUT2D eigenvalue weighted by atomic mass is 16.7. The van der Waals surface area contributed by atoms with Crippen molar-refractivity contribution in [3.05, 3.63) is 29.8 Å². The molecule has 1 atom stereocenters. The van der Waals surface area contributed by atoms with Gasteiger partial charge < -0.3 is 14.8 Å². The van der Waals surface area contributed by atoms with Gasteiger partial charge in [0.2, 0.25) is 5.91 Å². The van der Waals surface area contributed by atoms with E-state index in [1.165, 1.54) is 5.56 Å². The lowest BCUT2D eigenvalue weighted by Gasteiger charge is -2.32. The van der Waals surface area contributed by atoms with E-state index in [0.717, 1.165) is 12.1 Å². The van der Waals surface area contributed by atoms with Crippen LogP contribution in [-0.2, 0) is 14.3 Å². The van der Waals surface area contributed by atoms with Crippen molar-refractivity contribution in [1.29, 1.82) is 0 Å². The number of amides is 1. The second kappa shape index (κ2) is 7.45. The van der Waals surface area contributed by atoms with Crippen LogP contribution in [0.3, 0.4) is 0 Å². The first kappa shape index (κ1) is 18.0. The van der Waals surface area contributed by atoms with E-state index >= 15 is 0 Å². The van der Waals surface area contributed by atoms with Gasteiger partial charge in [0.1, 0.15) is 0 Å². The van der Waals surface area contributed by atoms with Crippen LogP contribution in [0, 0.1) is 11.8 Å². The molecule has 0 spiro atoms. The van der Waals surface area contributed by atoms with E-state index in [1.807, 2.05) is 19.1 Å². The fourth-order valence-corrected chi connectivity index (χ4v) is 2.94. The van der Waals surface area contributed by atoms with Gasteiger partial charge in [-0.15, -0.1) is 0 Å². The molecule has 128 valence electrons. The third-order valence-electron chi connectivity index (χ3n) is 4.36. The number of anilines is 1. The second-order valence-electron chi connectivity index (χ2n) is 7.16. The predicted octanol–water partition coefficient (Wildman–Crippen LogP) is 4.17. The maximum atomic E-state index is 12.8. The van der Waals surface area contributed by atoms with Crippen LogP contribution >= 0.6 is 0 Å². The van der Waals surface area contributed by atoms with Gasteiger partial charge >= 0.3 is 0 Å². The first-order valence-corrected chi connectivity index (χ1v) is 8.50. The predicted molar refractivity (Wildman–Crippen MR) is 92.4 cm³/mol. The molecule has 1 aliphatic heterocycles. The van der Waals surface area contributed by atoms with Gasteiger partial charge in [-0.05, 0) is 42.9 Å². The van der Waals surface area contributed by atoms with Gasteiger partial charge in [-0.2, -0.15) is 0 Å². The normalized spacial score (nSPS) is 18.4. The van der Waals surface area contributed by atoms with Gasteiger partial charge in [-0.3, -0.25) is 4.79 Å². The van der Waals surface area contributed by atoms with E-state index in [0.29, 0.717) is 25.0 Å². The van der Waals surface area contributed by atoms with Crippen molar-refractivity contribution in [3.8, 4) is 0 Å². The molecule has 2 rings (SSSR count). The lowest BCUT2D eigenvalue weighted by atomic mass is 9.89. The molecule has 4 heteroatoms. The van der Waals surface area contributed by atoms with Crippen LogP contribution in [0.4, 0.5) is 5.69 Å². The Kier molecular flexibility index (Phi) is 5.82. The van der Waals surface area contributed by atoms with Crippen molar-refractivity contribution in [2.24, 2.45) is 11.8 Å². The zero-order valence-corrected chi connectivity index (χ0v) is 14.9. The fraction of sp³-hybridized carbons (Fsp3) is 0.632. The molecule has 1 N–H and O–H groups in total. The smallest absolute Gasteiger partial charge is 0.232 e. The van der Waals surface area contributed by atoms with Crippen molar-refractivity contribution < 1.29 is 14.3 Å². The number of hydrogen-bond acceptors (Lipinski definition) is 3. The summed E-state index contributed by atoms with van der Waals surface area (Å²) < 4.78 is 11.5. The van der Waals surface area contributed by atoms with E-state index < -0.39 is 5.79 Å². The molecule has 23 heavy (non-hydrogen) atoms. The van der Waals surface area contributed by atoms with Crippen LogP contribution in [0.1, 0.15) is 52.5 Å². The van der Waals surface area contributed by atoms with Crippen molar-refractivity contribution in [2.45, 2.75) is 52.7 Å². The number of benzene rings is 1. The van der Waals surface area contributed by atoms with Crippen LogP contribution < -0.4 is 5.32 Å². The molecule has 0 bridgehead atoms. The number of ether oxygens (including phenoxy) is 2. The van der Waals surface area contributed by atoms with E-state index in [-0.39, 0.29) is 11.8 Å². The van der Waals surface area contributed by atoms with Crippen LogP contribution in [0.5, 0.6) is 0 Å². The highest BCUT2D eigenvalue weighted by molar-refractivity contribution is 5.93. The van der Waals surface area contributed by atoms with Gasteiger partial charge in [0.05, 0.1) is 19.1 Å². The van der Waals surface area contributed by atoms with E-state index in [9.17, 15) is 4.79 Å². The van der Waals surface area contributed by atoms with E-state index in [2.05, 4.69) is 45.1 Å². The average molecular weight is 319 g/mol. The van der Waals surface area contributed by atoms with Crippen molar-refractivity contribution in [2.75, 3.05) is 18.5 Å². The quantitative estimate of drug-likeness (QED) is 0.856. The molecule has 0 radical (unpaired) electrons. The second-order valence-corrected chi connectivity index (χ2v) is 7.16. The minimum absolute atomic E-state index is 0.0413. The summed E-state index contributed by atoms with van der Waals surface area (Å²) >= 11 is 0. The number of carbonyl (C=O) groups is 1. The molecule has 1 aromatic carbocycles. The standard InChI is InChI=1S/C19H29NO3/c1-13(2)12-17(19(5)22-10-11-23-19)18(21)20-16-8-6-15(7-9-16)14(3)4/h6-9,13-14,17H,10-12H2,1-5H3,(H,20,21). The highest BCUT2D eigenvalue weighted by Gasteiger charge is 2.44. The van der Waals surface area contributed by atoms with Crippen LogP contribution in [-0.4, -0.2) is 24.9 Å². The van der Waals surface area contributed by atoms with Crippen LogP contribution in [0.2, 0.25) is 0 Å². The Hall–Kier alpha value is -1.39. The molecule has 1 saturated heterocycles. The Morgan fingerprint density at radius 1 is 1.13 bits per heavy atom. The summed E-state index contributed by atoms with van der Waals surface area (Å²) in [4.78, 5) is 12.8. The lowest BCUT2D eigenvalue weighted by molar-refractivity contribution is -0.187. The number of rotatable bonds is 6. The summed E-state index contributed by atoms with van der Waals surface area (Å²) in [5.41, 5.74) is 2.07. The Labute approximate surface area is 139 Å². The van der Waals surface area contributed by atoms with Gasteiger partial charge in [-0.1, -0.05) is 39.8 Å². The monoisotopic (exact) mass is 319 g/mol. The molecule has 1 fully saturated rings. The third-order valence-corrected chi connectivity index (χ3v) is 4.36. The number of hydrogen-bond donors (Lipinski definition) is 1. The Bertz CT molecular complexity index is 516. The Morgan fingerprint density at radius 2 is 1.70 bits per heavy atom. The zero-order valence-electron chi connectivity index (χ0n) is 14.9. The average Bonchev–Trinajstić information content (AvgIpc) is 2.92. The number of carbonyl (C=O) groups excluding carboxylic acids is 1. The fourth-order valence-electron chi connectivity index (χ4n) is 2.94. The first-order chi connectivity index (χ1) is 10.8. The molecule has 1 aliphatic rings. The molecular weight excluding hydrogens is 290 g/mol. The number of nitrogens with one attached hydrogen (secondary N) is 1. The van der Waals surface area contributed by atoms with Gasteiger partial charge in [0.15, 0.2) is 5.79 Å². The highest BCUT2D eigenvalue weighted by Crippen LogP contribution is 2.33. The van der Waals surface area contributed by atoms with Crippen molar-refractivity contribution in [1.82, 2.24) is 0 Å². The maximum Gasteiger partial charge on any atom is 0.232 e. The topological polar surface area (TPSA) is 47.6 Å². The third kappa shape index (κ3) is 4.55. The molecule has 1 amide bonds. The summed E-state index contributed by atoms with van der Waals surface area (Å²) in [6.45, 7) is 11.5. The zero-order chi connectivity index (χ0) is 17.0.